The van der Waals surface area contributed by atoms with E-state index in [4.69, 9.17) is 10.8 Å². The topological polar surface area (TPSA) is 89.6 Å². The first-order valence-electron chi connectivity index (χ1n) is 5.55. The van der Waals surface area contributed by atoms with Gasteiger partial charge in [-0.15, -0.1) is 12.4 Å². The SMILES string of the molecule is Cl.N[C@H](CO)Cc1ccc(OS(=O)(=O)CC(F)(F)F)cc1. The van der Waals surface area contributed by atoms with Gasteiger partial charge in [-0.3, -0.25) is 0 Å². The molecule has 0 saturated carbocycles. The van der Waals surface area contributed by atoms with Gasteiger partial charge in [0.25, 0.3) is 0 Å². The Morgan fingerprint density at radius 2 is 1.76 bits per heavy atom. The van der Waals surface area contributed by atoms with Crippen molar-refractivity contribution in [1.82, 2.24) is 0 Å². The lowest BCUT2D eigenvalue weighted by Gasteiger charge is -2.11. The maximum Gasteiger partial charge on any atom is 0.406 e. The summed E-state index contributed by atoms with van der Waals surface area (Å²) in [6.45, 7) is -0.210. The highest BCUT2D eigenvalue weighted by Gasteiger charge is 2.36. The van der Waals surface area contributed by atoms with E-state index in [1.165, 1.54) is 24.3 Å². The van der Waals surface area contributed by atoms with E-state index < -0.39 is 28.1 Å². The van der Waals surface area contributed by atoms with E-state index in [9.17, 15) is 21.6 Å². The van der Waals surface area contributed by atoms with Crippen molar-refractivity contribution >= 4 is 22.5 Å². The molecule has 1 aromatic carbocycles. The lowest BCUT2D eigenvalue weighted by Crippen LogP contribution is -2.27. The zero-order chi connectivity index (χ0) is 15.4. The predicted octanol–water partition coefficient (Wildman–Crippen LogP) is 1.24. The van der Waals surface area contributed by atoms with Crippen molar-refractivity contribution in [2.75, 3.05) is 12.4 Å². The Hall–Kier alpha value is -1.03. The van der Waals surface area contributed by atoms with E-state index in [1.54, 1.807) is 0 Å². The fraction of sp³-hybridized carbons (Fsp3) is 0.455. The molecule has 0 fully saturated rings. The molecule has 0 aliphatic carbocycles. The Labute approximate surface area is 126 Å². The average Bonchev–Trinajstić information content (AvgIpc) is 2.28. The smallest absolute Gasteiger partial charge is 0.395 e. The lowest BCUT2D eigenvalue weighted by molar-refractivity contribution is -0.107. The molecule has 0 spiro atoms. The van der Waals surface area contributed by atoms with Gasteiger partial charge < -0.3 is 15.0 Å². The van der Waals surface area contributed by atoms with Crippen LogP contribution < -0.4 is 9.92 Å². The minimum absolute atomic E-state index is 0. The molecule has 0 heterocycles. The van der Waals surface area contributed by atoms with Crippen LogP contribution in [0.2, 0.25) is 0 Å². The normalized spacial score (nSPS) is 13.4. The Kier molecular flexibility index (Phi) is 7.45. The number of benzene rings is 1. The predicted molar refractivity (Wildman–Crippen MR) is 72.9 cm³/mol. The fourth-order valence-corrected chi connectivity index (χ4v) is 2.29. The minimum atomic E-state index is -4.85. The highest BCUT2D eigenvalue weighted by atomic mass is 35.5. The van der Waals surface area contributed by atoms with E-state index in [2.05, 4.69) is 4.18 Å². The first-order chi connectivity index (χ1) is 9.11. The summed E-state index contributed by atoms with van der Waals surface area (Å²) in [6, 6.07) is 4.93. The van der Waals surface area contributed by atoms with Crippen LogP contribution in [0.15, 0.2) is 24.3 Å². The molecular formula is C11H15ClF3NO4S. The summed E-state index contributed by atoms with van der Waals surface area (Å²) >= 11 is 0. The summed E-state index contributed by atoms with van der Waals surface area (Å²) < 4.78 is 62.6. The van der Waals surface area contributed by atoms with E-state index >= 15 is 0 Å². The molecule has 122 valence electrons. The summed E-state index contributed by atoms with van der Waals surface area (Å²) in [5, 5.41) is 8.78. The molecule has 1 rings (SSSR count). The molecule has 0 radical (unpaired) electrons. The third-order valence-electron chi connectivity index (χ3n) is 2.22. The van der Waals surface area contributed by atoms with Crippen molar-refractivity contribution in [3.63, 3.8) is 0 Å². The highest BCUT2D eigenvalue weighted by molar-refractivity contribution is 7.87. The maximum absolute atomic E-state index is 12.0. The molecule has 3 N–H and O–H groups in total. The monoisotopic (exact) mass is 349 g/mol. The van der Waals surface area contributed by atoms with E-state index in [0.29, 0.717) is 12.0 Å². The van der Waals surface area contributed by atoms with Crippen molar-refractivity contribution in [3.8, 4) is 5.75 Å². The molecule has 1 atom stereocenters. The molecule has 0 saturated heterocycles. The van der Waals surface area contributed by atoms with Gasteiger partial charge in [0, 0.05) is 6.04 Å². The van der Waals surface area contributed by atoms with E-state index in [1.807, 2.05) is 0 Å². The first kappa shape index (κ1) is 20.0. The van der Waals surface area contributed by atoms with Crippen LogP contribution in [0.5, 0.6) is 5.75 Å². The largest absolute Gasteiger partial charge is 0.406 e. The van der Waals surface area contributed by atoms with Crippen LogP contribution >= 0.6 is 12.4 Å². The van der Waals surface area contributed by atoms with Crippen molar-refractivity contribution in [2.45, 2.75) is 18.6 Å². The molecule has 1 aromatic rings. The Morgan fingerprint density at radius 3 is 2.19 bits per heavy atom. The van der Waals surface area contributed by atoms with Crippen molar-refractivity contribution in [1.29, 1.82) is 0 Å². The standard InChI is InChI=1S/C11H14F3NO4S.ClH/c12-11(13,14)7-20(17,18)19-10-3-1-8(2-4-10)5-9(15)6-16;/h1-4,9,16H,5-7,15H2;1H/t9-;/m0./s1. The highest BCUT2D eigenvalue weighted by Crippen LogP contribution is 2.21. The molecular weight excluding hydrogens is 335 g/mol. The lowest BCUT2D eigenvalue weighted by atomic mass is 10.1. The van der Waals surface area contributed by atoms with Crippen LogP contribution in [0.4, 0.5) is 13.2 Å². The first-order valence-corrected chi connectivity index (χ1v) is 7.13. The summed E-state index contributed by atoms with van der Waals surface area (Å²) in [6.07, 6.45) is -4.50. The Balaban J connectivity index is 0.00000400. The van der Waals surface area contributed by atoms with Crippen LogP contribution in [0.25, 0.3) is 0 Å². The third-order valence-corrected chi connectivity index (χ3v) is 3.35. The fourth-order valence-electron chi connectivity index (χ4n) is 1.42. The van der Waals surface area contributed by atoms with E-state index in [0.717, 1.165) is 0 Å². The molecule has 0 aliphatic rings. The van der Waals surface area contributed by atoms with Crippen LogP contribution in [0.1, 0.15) is 5.56 Å². The van der Waals surface area contributed by atoms with Crippen LogP contribution in [0, 0.1) is 0 Å². The quantitative estimate of drug-likeness (QED) is 0.754. The zero-order valence-electron chi connectivity index (χ0n) is 10.7. The van der Waals surface area contributed by atoms with Gasteiger partial charge in [0.15, 0.2) is 5.75 Å². The zero-order valence-corrected chi connectivity index (χ0v) is 12.3. The van der Waals surface area contributed by atoms with Gasteiger partial charge in [-0.2, -0.15) is 21.6 Å². The van der Waals surface area contributed by atoms with Gasteiger partial charge in [-0.05, 0) is 24.1 Å². The molecule has 21 heavy (non-hydrogen) atoms. The van der Waals surface area contributed by atoms with Gasteiger partial charge in [-0.1, -0.05) is 12.1 Å². The number of hydrogen-bond acceptors (Lipinski definition) is 5. The number of nitrogens with two attached hydrogens (primary N) is 1. The molecule has 0 bridgehead atoms. The van der Waals surface area contributed by atoms with Gasteiger partial charge in [0.1, 0.15) is 5.75 Å². The average molecular weight is 350 g/mol. The number of rotatable bonds is 6. The number of aliphatic hydroxyl groups excluding tert-OH is 1. The van der Waals surface area contributed by atoms with Crippen molar-refractivity contribution in [3.05, 3.63) is 29.8 Å². The van der Waals surface area contributed by atoms with Gasteiger partial charge in [0.2, 0.25) is 0 Å². The maximum atomic E-state index is 12.0. The van der Waals surface area contributed by atoms with Crippen LogP contribution in [-0.2, 0) is 16.5 Å². The molecule has 0 aromatic heterocycles. The molecule has 0 unspecified atom stereocenters. The van der Waals surface area contributed by atoms with E-state index in [-0.39, 0.29) is 24.8 Å². The number of hydrogen-bond donors (Lipinski definition) is 2. The molecule has 0 amide bonds. The van der Waals surface area contributed by atoms with Crippen LogP contribution in [0.3, 0.4) is 0 Å². The number of alkyl halides is 3. The second kappa shape index (κ2) is 7.83. The van der Waals surface area contributed by atoms with Crippen LogP contribution in [-0.4, -0.2) is 38.1 Å². The Bertz CT molecular complexity index is 533. The Morgan fingerprint density at radius 1 is 1.24 bits per heavy atom. The molecule has 0 aliphatic heterocycles. The van der Waals surface area contributed by atoms with Gasteiger partial charge in [0.05, 0.1) is 6.61 Å². The van der Waals surface area contributed by atoms with Gasteiger partial charge >= 0.3 is 16.3 Å². The number of halogens is 4. The summed E-state index contributed by atoms with van der Waals surface area (Å²) in [5.41, 5.74) is 6.21. The van der Waals surface area contributed by atoms with Crippen molar-refractivity contribution in [2.24, 2.45) is 5.73 Å². The minimum Gasteiger partial charge on any atom is -0.395 e. The van der Waals surface area contributed by atoms with Crippen molar-refractivity contribution < 1.29 is 30.9 Å². The summed E-state index contributed by atoms with van der Waals surface area (Å²) in [7, 11) is -4.72. The summed E-state index contributed by atoms with van der Waals surface area (Å²) in [4.78, 5) is 0. The number of aliphatic hydroxyl groups is 1. The molecule has 10 heteroatoms. The summed E-state index contributed by atoms with van der Waals surface area (Å²) in [5.74, 6) is -2.26. The second-order valence-corrected chi connectivity index (χ2v) is 5.76. The second-order valence-electron chi connectivity index (χ2n) is 4.19. The third kappa shape index (κ3) is 8.10. The molecule has 5 nitrogen and oxygen atoms in total. The van der Waals surface area contributed by atoms with Gasteiger partial charge in [-0.25, -0.2) is 0 Å².